The van der Waals surface area contributed by atoms with Crippen LogP contribution in [0.3, 0.4) is 0 Å². The molecular weight excluding hydrogens is 459 g/mol. The molecule has 0 spiro atoms. The molecule has 4 rings (SSSR count). The quantitative estimate of drug-likeness (QED) is 0.355. The minimum atomic E-state index is -2.33. The SMILES string of the molecule is COCc1cc2c(C(N)=O)c(-c3ccc(F)cc3)nn2cc1N(CCc1ccccc1)S(=O)O. The van der Waals surface area contributed by atoms with E-state index in [1.165, 1.54) is 40.2 Å². The third-order valence-electron chi connectivity index (χ3n) is 5.40. The topological polar surface area (TPSA) is 110 Å². The van der Waals surface area contributed by atoms with Gasteiger partial charge in [0.1, 0.15) is 11.5 Å². The molecule has 1 amide bonds. The van der Waals surface area contributed by atoms with Crippen LogP contribution in [-0.4, -0.2) is 37.9 Å². The number of methoxy groups -OCH3 is 1. The molecule has 1 atom stereocenters. The summed E-state index contributed by atoms with van der Waals surface area (Å²) in [7, 11) is 1.51. The molecule has 0 radical (unpaired) electrons. The van der Waals surface area contributed by atoms with Crippen LogP contribution in [0.2, 0.25) is 0 Å². The van der Waals surface area contributed by atoms with Crippen molar-refractivity contribution in [3.63, 3.8) is 0 Å². The maximum absolute atomic E-state index is 13.4. The van der Waals surface area contributed by atoms with Gasteiger partial charge in [0.15, 0.2) is 0 Å². The molecule has 1 unspecified atom stereocenters. The molecule has 34 heavy (non-hydrogen) atoms. The number of benzene rings is 2. The average molecular weight is 483 g/mol. The third-order valence-corrected chi connectivity index (χ3v) is 6.16. The summed E-state index contributed by atoms with van der Waals surface area (Å²) < 4.78 is 43.9. The molecule has 0 fully saturated rings. The van der Waals surface area contributed by atoms with Gasteiger partial charge in [-0.05, 0) is 42.3 Å². The Morgan fingerprint density at radius 3 is 2.53 bits per heavy atom. The zero-order valence-electron chi connectivity index (χ0n) is 18.3. The molecule has 8 nitrogen and oxygen atoms in total. The third kappa shape index (κ3) is 4.84. The van der Waals surface area contributed by atoms with Gasteiger partial charge in [-0.1, -0.05) is 30.3 Å². The Morgan fingerprint density at radius 1 is 1.21 bits per heavy atom. The van der Waals surface area contributed by atoms with Crippen LogP contribution < -0.4 is 10.0 Å². The number of primary amides is 1. The zero-order valence-corrected chi connectivity index (χ0v) is 19.2. The lowest BCUT2D eigenvalue weighted by molar-refractivity contribution is 0.100. The summed E-state index contributed by atoms with van der Waals surface area (Å²) >= 11 is -2.33. The molecule has 0 aliphatic carbocycles. The number of hydrogen-bond donors (Lipinski definition) is 2. The number of halogens is 1. The zero-order chi connectivity index (χ0) is 24.2. The van der Waals surface area contributed by atoms with Crippen LogP contribution in [0.5, 0.6) is 0 Å². The van der Waals surface area contributed by atoms with E-state index in [2.05, 4.69) is 5.10 Å². The number of fused-ring (bicyclic) bond motifs is 1. The van der Waals surface area contributed by atoms with Crippen LogP contribution in [-0.2, 0) is 29.0 Å². The highest BCUT2D eigenvalue weighted by atomic mass is 32.2. The highest BCUT2D eigenvalue weighted by Crippen LogP contribution is 2.31. The van der Waals surface area contributed by atoms with Crippen molar-refractivity contribution in [3.8, 4) is 11.3 Å². The molecule has 0 saturated heterocycles. The van der Waals surface area contributed by atoms with Crippen LogP contribution >= 0.6 is 0 Å². The van der Waals surface area contributed by atoms with Crippen molar-refractivity contribution in [1.29, 1.82) is 0 Å². The van der Waals surface area contributed by atoms with E-state index in [1.54, 1.807) is 12.3 Å². The van der Waals surface area contributed by atoms with Gasteiger partial charge in [0.25, 0.3) is 17.2 Å². The van der Waals surface area contributed by atoms with E-state index in [1.807, 2.05) is 30.3 Å². The van der Waals surface area contributed by atoms with Crippen LogP contribution in [0.25, 0.3) is 16.8 Å². The van der Waals surface area contributed by atoms with Crippen molar-refractivity contribution in [1.82, 2.24) is 9.61 Å². The first kappa shape index (κ1) is 23.6. The highest BCUT2D eigenvalue weighted by molar-refractivity contribution is 7.80. The second-order valence-electron chi connectivity index (χ2n) is 7.61. The average Bonchev–Trinajstić information content (AvgIpc) is 3.19. The Bertz CT molecular complexity index is 1340. The number of anilines is 1. The first-order valence-electron chi connectivity index (χ1n) is 10.4. The fourth-order valence-corrected chi connectivity index (χ4v) is 4.41. The monoisotopic (exact) mass is 482 g/mol. The smallest absolute Gasteiger partial charge is 0.261 e. The number of carbonyl (C=O) groups is 1. The summed E-state index contributed by atoms with van der Waals surface area (Å²) in [6.45, 7) is 0.379. The number of rotatable bonds is 9. The first-order valence-corrected chi connectivity index (χ1v) is 11.5. The molecule has 10 heteroatoms. The summed E-state index contributed by atoms with van der Waals surface area (Å²) in [6.07, 6.45) is 2.10. The fraction of sp³-hybridized carbons (Fsp3) is 0.167. The Labute approximate surface area is 198 Å². The van der Waals surface area contributed by atoms with Gasteiger partial charge in [-0.3, -0.25) is 13.7 Å². The lowest BCUT2D eigenvalue weighted by atomic mass is 10.1. The summed E-state index contributed by atoms with van der Waals surface area (Å²) in [5.41, 5.74) is 9.08. The van der Waals surface area contributed by atoms with Crippen molar-refractivity contribution < 1.29 is 22.7 Å². The second kappa shape index (κ2) is 10.1. The summed E-state index contributed by atoms with van der Waals surface area (Å²) in [5.74, 6) is -1.12. The van der Waals surface area contributed by atoms with Gasteiger partial charge in [-0.2, -0.15) is 5.10 Å². The van der Waals surface area contributed by atoms with Crippen molar-refractivity contribution >= 4 is 28.4 Å². The predicted octanol–water partition coefficient (Wildman–Crippen LogP) is 3.57. The molecule has 0 aliphatic heterocycles. The molecule has 2 aromatic carbocycles. The van der Waals surface area contributed by atoms with E-state index in [9.17, 15) is 17.9 Å². The van der Waals surface area contributed by atoms with Gasteiger partial charge in [-0.15, -0.1) is 0 Å². The van der Waals surface area contributed by atoms with E-state index in [0.717, 1.165) is 5.56 Å². The Kier molecular flexibility index (Phi) is 7.01. The lowest BCUT2D eigenvalue weighted by Gasteiger charge is -2.23. The van der Waals surface area contributed by atoms with E-state index in [4.69, 9.17) is 10.5 Å². The maximum Gasteiger partial charge on any atom is 0.261 e. The number of carbonyl (C=O) groups excluding carboxylic acids is 1. The Morgan fingerprint density at radius 2 is 1.91 bits per heavy atom. The fourth-order valence-electron chi connectivity index (χ4n) is 3.83. The van der Waals surface area contributed by atoms with Crippen molar-refractivity contribution in [3.05, 3.63) is 89.4 Å². The molecule has 3 N–H and O–H groups in total. The van der Waals surface area contributed by atoms with Gasteiger partial charge in [-0.25, -0.2) is 13.1 Å². The van der Waals surface area contributed by atoms with Crippen LogP contribution in [0.1, 0.15) is 21.5 Å². The van der Waals surface area contributed by atoms with Gasteiger partial charge in [0.05, 0.1) is 29.6 Å². The highest BCUT2D eigenvalue weighted by Gasteiger charge is 2.24. The molecular formula is C24H23FN4O4S. The number of nitrogens with two attached hydrogens (primary N) is 1. The number of aromatic nitrogens is 2. The summed E-state index contributed by atoms with van der Waals surface area (Å²) in [5, 5.41) is 4.50. The normalized spacial score (nSPS) is 12.1. The van der Waals surface area contributed by atoms with Gasteiger partial charge >= 0.3 is 0 Å². The number of nitrogens with zero attached hydrogens (tertiary/aromatic N) is 3. The lowest BCUT2D eigenvalue weighted by Crippen LogP contribution is -2.29. The maximum atomic E-state index is 13.4. The number of pyridine rings is 1. The van der Waals surface area contributed by atoms with Crippen molar-refractivity contribution in [2.75, 3.05) is 18.0 Å². The molecule has 176 valence electrons. The van der Waals surface area contributed by atoms with E-state index >= 15 is 0 Å². The van der Waals surface area contributed by atoms with Gasteiger partial charge in [0, 0.05) is 24.8 Å². The molecule has 0 aliphatic rings. The minimum Gasteiger partial charge on any atom is -0.380 e. The van der Waals surface area contributed by atoms with E-state index in [0.29, 0.717) is 28.8 Å². The van der Waals surface area contributed by atoms with Crippen molar-refractivity contribution in [2.45, 2.75) is 13.0 Å². The minimum absolute atomic E-state index is 0.125. The number of ether oxygens (including phenoxy) is 1. The number of hydrogen-bond acceptors (Lipinski definition) is 4. The van der Waals surface area contributed by atoms with Crippen LogP contribution in [0.4, 0.5) is 10.1 Å². The largest absolute Gasteiger partial charge is 0.380 e. The molecule has 4 aromatic rings. The van der Waals surface area contributed by atoms with E-state index < -0.39 is 23.0 Å². The molecule has 0 bridgehead atoms. The Balaban J connectivity index is 1.84. The summed E-state index contributed by atoms with van der Waals surface area (Å²) in [6, 6.07) is 16.8. The number of amides is 1. The molecule has 0 saturated carbocycles. The van der Waals surface area contributed by atoms with Gasteiger partial charge < -0.3 is 10.5 Å². The first-order chi connectivity index (χ1) is 16.4. The van der Waals surface area contributed by atoms with Gasteiger partial charge in [0.2, 0.25) is 0 Å². The van der Waals surface area contributed by atoms with Crippen molar-refractivity contribution in [2.24, 2.45) is 5.73 Å². The second-order valence-corrected chi connectivity index (χ2v) is 8.51. The van der Waals surface area contributed by atoms with Crippen LogP contribution in [0, 0.1) is 5.82 Å². The van der Waals surface area contributed by atoms with E-state index in [-0.39, 0.29) is 24.4 Å². The summed E-state index contributed by atoms with van der Waals surface area (Å²) in [4.78, 5) is 12.4. The van der Waals surface area contributed by atoms with Crippen LogP contribution in [0.15, 0.2) is 66.9 Å². The standard InChI is InChI=1S/C24H23FN4O4S/c1-33-15-18-13-20-22(24(26)30)23(17-7-9-19(25)10-8-17)27-28(20)14-21(18)29(34(31)32)12-11-16-5-3-2-4-6-16/h2-10,13-14H,11-12,15H2,1H3,(H2,26,30)(H,31,32). The molecule has 2 heterocycles. The Hall–Kier alpha value is -3.60. The molecule has 2 aromatic heterocycles. The predicted molar refractivity (Wildman–Crippen MR) is 128 cm³/mol.